The lowest BCUT2D eigenvalue weighted by molar-refractivity contribution is 0.240. The van der Waals surface area contributed by atoms with Crippen LogP contribution in [0.2, 0.25) is 0 Å². The van der Waals surface area contributed by atoms with Gasteiger partial charge in [-0.2, -0.15) is 0 Å². The van der Waals surface area contributed by atoms with Crippen LogP contribution in [0.3, 0.4) is 0 Å². The van der Waals surface area contributed by atoms with E-state index in [0.29, 0.717) is 12.3 Å². The van der Waals surface area contributed by atoms with E-state index in [-0.39, 0.29) is 11.5 Å². The highest BCUT2D eigenvalue weighted by Crippen LogP contribution is 2.12. The Labute approximate surface area is 109 Å². The fourth-order valence-electron chi connectivity index (χ4n) is 1.73. The Morgan fingerprint density at radius 3 is 2.22 bits per heavy atom. The lowest BCUT2D eigenvalue weighted by atomic mass is 10.1. The second-order valence-corrected chi connectivity index (χ2v) is 6.66. The normalized spacial score (nSPS) is 13.8. The van der Waals surface area contributed by atoms with Gasteiger partial charge in [0, 0.05) is 6.04 Å². The maximum atomic E-state index is 12.1. The molecule has 0 spiro atoms. The molecular formula is C13H21NO3S. The Bertz CT molecular complexity index is 466. The molecule has 0 aliphatic carbocycles. The summed E-state index contributed by atoms with van der Waals surface area (Å²) in [6.45, 7) is 5.69. The Morgan fingerprint density at radius 2 is 1.78 bits per heavy atom. The minimum atomic E-state index is -3.54. The molecular weight excluding hydrogens is 250 g/mol. The van der Waals surface area contributed by atoms with Crippen molar-refractivity contribution in [1.29, 1.82) is 0 Å². The van der Waals surface area contributed by atoms with Gasteiger partial charge in [-0.1, -0.05) is 31.5 Å². The van der Waals surface area contributed by atoms with Crippen LogP contribution in [0.25, 0.3) is 0 Å². The van der Waals surface area contributed by atoms with Crippen molar-refractivity contribution in [2.45, 2.75) is 38.1 Å². The van der Waals surface area contributed by atoms with Crippen LogP contribution in [0.4, 0.5) is 0 Å². The van der Waals surface area contributed by atoms with Crippen molar-refractivity contribution in [3.8, 4) is 0 Å². The van der Waals surface area contributed by atoms with E-state index in [2.05, 4.69) is 4.72 Å². The van der Waals surface area contributed by atoms with Gasteiger partial charge in [0.1, 0.15) is 0 Å². The maximum Gasteiger partial charge on any atom is 0.240 e. The van der Waals surface area contributed by atoms with Crippen molar-refractivity contribution in [1.82, 2.24) is 4.72 Å². The average molecular weight is 271 g/mol. The van der Waals surface area contributed by atoms with Crippen LogP contribution in [-0.2, 0) is 10.0 Å². The number of sulfonamides is 1. The van der Waals surface area contributed by atoms with Crippen LogP contribution >= 0.6 is 0 Å². The lowest BCUT2D eigenvalue weighted by Crippen LogP contribution is -2.38. The molecule has 1 aromatic carbocycles. The highest BCUT2D eigenvalue weighted by Gasteiger charge is 2.20. The summed E-state index contributed by atoms with van der Waals surface area (Å²) in [6, 6.07) is 6.22. The molecule has 0 fully saturated rings. The van der Waals surface area contributed by atoms with Gasteiger partial charge >= 0.3 is 0 Å². The molecule has 18 heavy (non-hydrogen) atoms. The summed E-state index contributed by atoms with van der Waals surface area (Å²) in [5, 5.41) is 9.20. The molecule has 0 aromatic heterocycles. The van der Waals surface area contributed by atoms with Gasteiger partial charge in [0.05, 0.1) is 11.5 Å². The summed E-state index contributed by atoms with van der Waals surface area (Å²) >= 11 is 0. The van der Waals surface area contributed by atoms with Gasteiger partial charge in [0.15, 0.2) is 0 Å². The predicted molar refractivity (Wildman–Crippen MR) is 71.8 cm³/mol. The highest BCUT2D eigenvalue weighted by molar-refractivity contribution is 7.89. The molecule has 4 nitrogen and oxygen atoms in total. The van der Waals surface area contributed by atoms with Crippen LogP contribution < -0.4 is 4.72 Å². The Morgan fingerprint density at radius 1 is 1.22 bits per heavy atom. The first-order valence-electron chi connectivity index (χ1n) is 6.05. The molecule has 0 radical (unpaired) electrons. The molecule has 0 saturated carbocycles. The van der Waals surface area contributed by atoms with E-state index in [0.717, 1.165) is 5.56 Å². The summed E-state index contributed by atoms with van der Waals surface area (Å²) in [6.07, 6.45) is 0.613. The first-order valence-corrected chi connectivity index (χ1v) is 7.53. The van der Waals surface area contributed by atoms with Gasteiger partial charge in [0.2, 0.25) is 10.0 Å². The van der Waals surface area contributed by atoms with E-state index in [4.69, 9.17) is 0 Å². The van der Waals surface area contributed by atoms with Crippen molar-refractivity contribution in [2.24, 2.45) is 5.92 Å². The molecule has 1 aromatic rings. The van der Waals surface area contributed by atoms with Gasteiger partial charge in [-0.3, -0.25) is 0 Å². The second kappa shape index (κ2) is 6.31. The van der Waals surface area contributed by atoms with Crippen LogP contribution in [-0.4, -0.2) is 26.2 Å². The van der Waals surface area contributed by atoms with Gasteiger partial charge in [-0.15, -0.1) is 0 Å². The van der Waals surface area contributed by atoms with E-state index < -0.39 is 16.1 Å². The molecule has 0 heterocycles. The summed E-state index contributed by atoms with van der Waals surface area (Å²) in [7, 11) is -3.54. The number of aryl methyl sites for hydroxylation is 1. The van der Waals surface area contributed by atoms with E-state index >= 15 is 0 Å². The van der Waals surface area contributed by atoms with E-state index in [1.807, 2.05) is 20.8 Å². The number of hydrogen-bond acceptors (Lipinski definition) is 3. The second-order valence-electron chi connectivity index (χ2n) is 4.94. The Balaban J connectivity index is 2.83. The quantitative estimate of drug-likeness (QED) is 0.827. The van der Waals surface area contributed by atoms with Gasteiger partial charge in [-0.05, 0) is 31.4 Å². The Hall–Kier alpha value is -0.910. The topological polar surface area (TPSA) is 66.4 Å². The third-order valence-electron chi connectivity index (χ3n) is 2.63. The maximum absolute atomic E-state index is 12.1. The number of rotatable bonds is 6. The van der Waals surface area contributed by atoms with Crippen molar-refractivity contribution < 1.29 is 13.5 Å². The molecule has 0 saturated heterocycles. The van der Waals surface area contributed by atoms with Crippen molar-refractivity contribution in [2.75, 3.05) is 6.61 Å². The number of aliphatic hydroxyl groups excluding tert-OH is 1. The molecule has 5 heteroatoms. The number of hydrogen-bond donors (Lipinski definition) is 2. The SMILES string of the molecule is Cc1ccc(S(=O)(=O)N[C@H](CO)CC(C)C)cc1. The summed E-state index contributed by atoms with van der Waals surface area (Å²) in [5.41, 5.74) is 1.01. The molecule has 0 aliphatic heterocycles. The molecule has 0 unspecified atom stereocenters. The zero-order valence-corrected chi connectivity index (χ0v) is 11.9. The van der Waals surface area contributed by atoms with Crippen molar-refractivity contribution in [3.63, 3.8) is 0 Å². The lowest BCUT2D eigenvalue weighted by Gasteiger charge is -2.18. The smallest absolute Gasteiger partial charge is 0.240 e. The molecule has 1 atom stereocenters. The van der Waals surface area contributed by atoms with Crippen LogP contribution in [0.1, 0.15) is 25.8 Å². The van der Waals surface area contributed by atoms with E-state index in [1.54, 1.807) is 24.3 Å². The standard InChI is InChI=1S/C13H21NO3S/c1-10(2)8-12(9-15)14-18(16,17)13-6-4-11(3)5-7-13/h4-7,10,12,14-15H,8-9H2,1-3H3/t12-/m0/s1. The summed E-state index contributed by atoms with van der Waals surface area (Å²) < 4.78 is 26.7. The third kappa shape index (κ3) is 4.40. The van der Waals surface area contributed by atoms with E-state index in [1.165, 1.54) is 0 Å². The monoisotopic (exact) mass is 271 g/mol. The summed E-state index contributed by atoms with van der Waals surface area (Å²) in [4.78, 5) is 0.232. The molecule has 1 rings (SSSR count). The van der Waals surface area contributed by atoms with Crippen molar-refractivity contribution >= 4 is 10.0 Å². The molecule has 2 N–H and O–H groups in total. The van der Waals surface area contributed by atoms with Gasteiger partial charge in [-0.25, -0.2) is 13.1 Å². The predicted octanol–water partition coefficient (Wildman–Crippen LogP) is 1.68. The minimum absolute atomic E-state index is 0.191. The summed E-state index contributed by atoms with van der Waals surface area (Å²) in [5.74, 6) is 0.322. The van der Waals surface area contributed by atoms with Gasteiger partial charge in [0.25, 0.3) is 0 Å². The first kappa shape index (κ1) is 15.1. The molecule has 0 bridgehead atoms. The average Bonchev–Trinajstić information content (AvgIpc) is 2.27. The molecule has 0 aliphatic rings. The zero-order valence-electron chi connectivity index (χ0n) is 11.1. The highest BCUT2D eigenvalue weighted by atomic mass is 32.2. The van der Waals surface area contributed by atoms with Gasteiger partial charge < -0.3 is 5.11 Å². The molecule has 102 valence electrons. The number of benzene rings is 1. The van der Waals surface area contributed by atoms with Crippen LogP contribution in [0, 0.1) is 12.8 Å². The largest absolute Gasteiger partial charge is 0.395 e. The minimum Gasteiger partial charge on any atom is -0.395 e. The first-order chi connectivity index (χ1) is 8.35. The fraction of sp³-hybridized carbons (Fsp3) is 0.538. The van der Waals surface area contributed by atoms with Crippen LogP contribution in [0.15, 0.2) is 29.2 Å². The van der Waals surface area contributed by atoms with E-state index in [9.17, 15) is 13.5 Å². The number of aliphatic hydroxyl groups is 1. The van der Waals surface area contributed by atoms with Crippen molar-refractivity contribution in [3.05, 3.63) is 29.8 Å². The van der Waals surface area contributed by atoms with Crippen LogP contribution in [0.5, 0.6) is 0 Å². The Kier molecular flexibility index (Phi) is 5.31. The third-order valence-corrected chi connectivity index (χ3v) is 4.17. The zero-order chi connectivity index (χ0) is 13.8. The fourth-order valence-corrected chi connectivity index (χ4v) is 2.97. The number of nitrogens with one attached hydrogen (secondary N) is 1. The molecule has 0 amide bonds.